The van der Waals surface area contributed by atoms with Crippen molar-refractivity contribution in [3.8, 4) is 5.75 Å². The first-order chi connectivity index (χ1) is 8.65. The molecule has 2 aromatic rings. The lowest BCUT2D eigenvalue weighted by Crippen LogP contribution is -2.01. The Hall–Kier alpha value is -2.07. The van der Waals surface area contributed by atoms with Gasteiger partial charge in [0.2, 0.25) is 0 Å². The van der Waals surface area contributed by atoms with Gasteiger partial charge in [-0.1, -0.05) is 17.7 Å². The Labute approximate surface area is 109 Å². The number of carboxylic acid groups (broad SMARTS) is 1. The molecule has 0 unspecified atom stereocenters. The van der Waals surface area contributed by atoms with Crippen LogP contribution in [0, 0.1) is 0 Å². The average Bonchev–Trinajstić information content (AvgIpc) is 2.37. The quantitative estimate of drug-likeness (QED) is 0.921. The molecule has 0 saturated heterocycles. The lowest BCUT2D eigenvalue weighted by atomic mass is 10.2. The zero-order valence-corrected chi connectivity index (χ0v) is 10.1. The van der Waals surface area contributed by atoms with Gasteiger partial charge >= 0.3 is 5.97 Å². The van der Waals surface area contributed by atoms with Crippen molar-refractivity contribution in [3.05, 3.63) is 58.9 Å². The third-order valence-electron chi connectivity index (χ3n) is 2.25. The van der Waals surface area contributed by atoms with Crippen LogP contribution in [0.5, 0.6) is 5.75 Å². The van der Waals surface area contributed by atoms with Crippen molar-refractivity contribution >= 4 is 17.6 Å². The number of ether oxygens (including phenoxy) is 1. The minimum Gasteiger partial charge on any atom is -0.487 e. The standard InChI is InChI=1S/C13H10ClNO3/c14-10-2-1-3-12(6-10)18-8-11-5-4-9(7-15-11)13(16)17/h1-7H,8H2,(H,16,17). The Kier molecular flexibility index (Phi) is 3.79. The lowest BCUT2D eigenvalue weighted by molar-refractivity contribution is 0.0696. The maximum atomic E-state index is 10.6. The second kappa shape index (κ2) is 5.51. The molecule has 0 radical (unpaired) electrons. The molecule has 5 heteroatoms. The molecule has 0 saturated carbocycles. The van der Waals surface area contributed by atoms with Gasteiger partial charge in [0.25, 0.3) is 0 Å². The summed E-state index contributed by atoms with van der Waals surface area (Å²) < 4.78 is 5.48. The molecule has 0 amide bonds. The van der Waals surface area contributed by atoms with E-state index >= 15 is 0 Å². The lowest BCUT2D eigenvalue weighted by Gasteiger charge is -2.06. The molecule has 0 aliphatic heterocycles. The number of nitrogens with zero attached hydrogens (tertiary/aromatic N) is 1. The summed E-state index contributed by atoms with van der Waals surface area (Å²) in [5, 5.41) is 9.33. The molecule has 0 spiro atoms. The Morgan fingerprint density at radius 3 is 2.78 bits per heavy atom. The van der Waals surface area contributed by atoms with E-state index in [0.29, 0.717) is 16.5 Å². The molecule has 92 valence electrons. The number of benzene rings is 1. The molecule has 0 fully saturated rings. The predicted molar refractivity (Wildman–Crippen MR) is 67.0 cm³/mol. The third kappa shape index (κ3) is 3.21. The van der Waals surface area contributed by atoms with E-state index in [1.165, 1.54) is 12.3 Å². The minimum absolute atomic E-state index is 0.154. The van der Waals surface area contributed by atoms with Gasteiger partial charge < -0.3 is 9.84 Å². The number of halogens is 1. The van der Waals surface area contributed by atoms with Crippen molar-refractivity contribution in [1.29, 1.82) is 0 Å². The SMILES string of the molecule is O=C(O)c1ccc(COc2cccc(Cl)c2)nc1. The zero-order chi connectivity index (χ0) is 13.0. The predicted octanol–water partition coefficient (Wildman–Crippen LogP) is 3.01. The number of aromatic nitrogens is 1. The Balaban J connectivity index is 2.00. The van der Waals surface area contributed by atoms with Crippen LogP contribution < -0.4 is 4.74 Å². The maximum Gasteiger partial charge on any atom is 0.337 e. The zero-order valence-electron chi connectivity index (χ0n) is 9.34. The first-order valence-electron chi connectivity index (χ1n) is 5.22. The van der Waals surface area contributed by atoms with Gasteiger partial charge in [0.15, 0.2) is 0 Å². The van der Waals surface area contributed by atoms with Gasteiger partial charge in [-0.25, -0.2) is 4.79 Å². The van der Waals surface area contributed by atoms with Crippen molar-refractivity contribution in [2.24, 2.45) is 0 Å². The van der Waals surface area contributed by atoms with Crippen molar-refractivity contribution in [3.63, 3.8) is 0 Å². The fourth-order valence-electron chi connectivity index (χ4n) is 1.35. The summed E-state index contributed by atoms with van der Waals surface area (Å²) in [4.78, 5) is 14.6. The second-order valence-electron chi connectivity index (χ2n) is 3.59. The molecular weight excluding hydrogens is 254 g/mol. The molecule has 0 atom stereocenters. The van der Waals surface area contributed by atoms with Crippen LogP contribution >= 0.6 is 11.6 Å². The molecule has 1 aromatic heterocycles. The summed E-state index contributed by atoms with van der Waals surface area (Å²) >= 11 is 5.82. The van der Waals surface area contributed by atoms with Crippen LogP contribution in [0.3, 0.4) is 0 Å². The molecular formula is C13H10ClNO3. The fourth-order valence-corrected chi connectivity index (χ4v) is 1.53. The van der Waals surface area contributed by atoms with E-state index in [2.05, 4.69) is 4.98 Å². The summed E-state index contributed by atoms with van der Waals surface area (Å²) in [5.74, 6) is -0.351. The molecule has 0 bridgehead atoms. The van der Waals surface area contributed by atoms with Crippen LogP contribution in [-0.2, 0) is 6.61 Å². The average molecular weight is 264 g/mol. The third-order valence-corrected chi connectivity index (χ3v) is 2.49. The molecule has 4 nitrogen and oxygen atoms in total. The summed E-state index contributed by atoms with van der Waals surface area (Å²) in [5.41, 5.74) is 0.807. The minimum atomic E-state index is -0.996. The first kappa shape index (κ1) is 12.4. The molecule has 1 heterocycles. The van der Waals surface area contributed by atoms with Gasteiger partial charge in [0.05, 0.1) is 11.3 Å². The van der Waals surface area contributed by atoms with Crippen LogP contribution in [0.15, 0.2) is 42.6 Å². The van der Waals surface area contributed by atoms with E-state index in [4.69, 9.17) is 21.4 Å². The van der Waals surface area contributed by atoms with Crippen LogP contribution in [-0.4, -0.2) is 16.1 Å². The number of pyridine rings is 1. The smallest absolute Gasteiger partial charge is 0.337 e. The normalized spacial score (nSPS) is 10.1. The Morgan fingerprint density at radius 1 is 1.33 bits per heavy atom. The van der Waals surface area contributed by atoms with Crippen molar-refractivity contribution in [1.82, 2.24) is 4.98 Å². The van der Waals surface area contributed by atoms with Gasteiger partial charge in [-0.05, 0) is 30.3 Å². The van der Waals surface area contributed by atoms with E-state index in [1.54, 1.807) is 30.3 Å². The van der Waals surface area contributed by atoms with E-state index in [-0.39, 0.29) is 12.2 Å². The van der Waals surface area contributed by atoms with Gasteiger partial charge in [0.1, 0.15) is 12.4 Å². The van der Waals surface area contributed by atoms with Gasteiger partial charge in [0, 0.05) is 11.2 Å². The maximum absolute atomic E-state index is 10.6. The number of carboxylic acids is 1. The highest BCUT2D eigenvalue weighted by Crippen LogP contribution is 2.18. The highest BCUT2D eigenvalue weighted by molar-refractivity contribution is 6.30. The van der Waals surface area contributed by atoms with Crippen molar-refractivity contribution in [2.45, 2.75) is 6.61 Å². The highest BCUT2D eigenvalue weighted by atomic mass is 35.5. The number of hydrogen-bond donors (Lipinski definition) is 1. The van der Waals surface area contributed by atoms with Crippen molar-refractivity contribution < 1.29 is 14.6 Å². The van der Waals surface area contributed by atoms with Crippen molar-refractivity contribution in [2.75, 3.05) is 0 Å². The van der Waals surface area contributed by atoms with Gasteiger partial charge in [-0.3, -0.25) is 4.98 Å². The van der Waals surface area contributed by atoms with E-state index in [9.17, 15) is 4.79 Å². The summed E-state index contributed by atoms with van der Waals surface area (Å²) in [6.07, 6.45) is 1.30. The first-order valence-corrected chi connectivity index (χ1v) is 5.59. The van der Waals surface area contributed by atoms with E-state index < -0.39 is 5.97 Å². The van der Waals surface area contributed by atoms with Gasteiger partial charge in [-0.2, -0.15) is 0 Å². The molecule has 0 aliphatic carbocycles. The number of rotatable bonds is 4. The molecule has 0 aliphatic rings. The molecule has 1 N–H and O–H groups in total. The molecule has 1 aromatic carbocycles. The monoisotopic (exact) mass is 263 g/mol. The topological polar surface area (TPSA) is 59.4 Å². The highest BCUT2D eigenvalue weighted by Gasteiger charge is 2.03. The van der Waals surface area contributed by atoms with Crippen LogP contribution in [0.1, 0.15) is 16.1 Å². The summed E-state index contributed by atoms with van der Waals surface area (Å²) in [7, 11) is 0. The van der Waals surface area contributed by atoms with Crippen LogP contribution in [0.2, 0.25) is 5.02 Å². The Bertz CT molecular complexity index is 554. The number of aromatic carboxylic acids is 1. The second-order valence-corrected chi connectivity index (χ2v) is 4.03. The fraction of sp³-hybridized carbons (Fsp3) is 0.0769. The summed E-state index contributed by atoms with van der Waals surface area (Å²) in [6, 6.07) is 10.2. The van der Waals surface area contributed by atoms with Crippen LogP contribution in [0.4, 0.5) is 0 Å². The number of carbonyl (C=O) groups is 1. The largest absolute Gasteiger partial charge is 0.487 e. The van der Waals surface area contributed by atoms with Gasteiger partial charge in [-0.15, -0.1) is 0 Å². The summed E-state index contributed by atoms with van der Waals surface area (Å²) in [6.45, 7) is 0.264. The molecule has 18 heavy (non-hydrogen) atoms. The Morgan fingerprint density at radius 2 is 2.17 bits per heavy atom. The van der Waals surface area contributed by atoms with E-state index in [1.807, 2.05) is 0 Å². The molecule has 2 rings (SSSR count). The van der Waals surface area contributed by atoms with Crippen LogP contribution in [0.25, 0.3) is 0 Å². The van der Waals surface area contributed by atoms with E-state index in [0.717, 1.165) is 0 Å². The number of hydrogen-bond acceptors (Lipinski definition) is 3.